The molecule has 4 heterocycles. The van der Waals surface area contributed by atoms with Crippen LogP contribution in [0.15, 0.2) is 48.6 Å². The van der Waals surface area contributed by atoms with Crippen LogP contribution in [-0.4, -0.2) is 86.6 Å². The molecule has 0 aliphatic carbocycles. The summed E-state index contributed by atoms with van der Waals surface area (Å²) in [6.45, 7) is 16.7. The molecular weight excluding hydrogens is 586 g/mol. The number of carbonyl (C=O) groups is 3. The zero-order valence-electron chi connectivity index (χ0n) is 28.0. The van der Waals surface area contributed by atoms with E-state index in [0.717, 1.165) is 24.3 Å². The van der Waals surface area contributed by atoms with Crippen molar-refractivity contribution in [3.05, 3.63) is 48.6 Å². The number of hydrogen-bond donors (Lipinski definition) is 1. The van der Waals surface area contributed by atoms with Crippen molar-refractivity contribution < 1.29 is 24.2 Å². The van der Waals surface area contributed by atoms with Gasteiger partial charge in [0.15, 0.2) is 0 Å². The third-order valence-corrected chi connectivity index (χ3v) is 11.6. The third kappa shape index (κ3) is 6.07. The summed E-state index contributed by atoms with van der Waals surface area (Å²) in [6.07, 6.45) is 11.2. The van der Waals surface area contributed by atoms with Crippen molar-refractivity contribution in [2.75, 3.05) is 37.7 Å². The van der Waals surface area contributed by atoms with Gasteiger partial charge in [0.1, 0.15) is 11.8 Å². The van der Waals surface area contributed by atoms with Gasteiger partial charge in [0.05, 0.1) is 23.2 Å². The van der Waals surface area contributed by atoms with E-state index >= 15 is 0 Å². The Balaban J connectivity index is 1.57. The predicted molar refractivity (Wildman–Crippen MR) is 180 cm³/mol. The number of anilines is 1. The molecule has 2 saturated heterocycles. The Morgan fingerprint density at radius 1 is 0.911 bits per heavy atom. The average Bonchev–Trinajstić information content (AvgIpc) is 3.20. The van der Waals surface area contributed by atoms with E-state index in [9.17, 15) is 19.5 Å². The highest BCUT2D eigenvalue weighted by molar-refractivity contribution is 8.02. The Kier molecular flexibility index (Phi) is 9.28. The fourth-order valence-electron chi connectivity index (χ4n) is 8.39. The smallest absolute Gasteiger partial charge is 0.247 e. The summed E-state index contributed by atoms with van der Waals surface area (Å²) in [5.74, 6) is -0.830. The second kappa shape index (κ2) is 12.4. The first kappa shape index (κ1) is 33.6. The monoisotopic (exact) mass is 637 g/mol. The standard InChI is InChI=1S/C36H51N3O5S/c1-8-44-26-16-14-25(15-17-26)37-21-12-18-35(7)27(30(37)41)28-31(42)38(20-10-9-11-23-40)29-32(43)39(22-13-19-36(28,29)45-35)34(5,6)24-33(2,3)4/h12-19,27-29,40H,8-11,20-24H2,1-7H3/t27-,28+,29?,35+,36+/m1/s1. The van der Waals surface area contributed by atoms with Crippen LogP contribution in [0.2, 0.25) is 0 Å². The highest BCUT2D eigenvalue weighted by Gasteiger charge is 2.74. The van der Waals surface area contributed by atoms with Gasteiger partial charge in [0.2, 0.25) is 17.7 Å². The second-order valence-corrected chi connectivity index (χ2v) is 16.8. The molecule has 1 aromatic rings. The van der Waals surface area contributed by atoms with Gasteiger partial charge in [-0.15, -0.1) is 11.8 Å². The molecule has 5 rings (SSSR count). The van der Waals surface area contributed by atoms with Crippen molar-refractivity contribution >= 4 is 35.2 Å². The Morgan fingerprint density at radius 3 is 2.24 bits per heavy atom. The molecule has 1 N–H and O–H groups in total. The lowest BCUT2D eigenvalue weighted by molar-refractivity contribution is -0.146. The molecule has 0 bridgehead atoms. The molecule has 9 heteroatoms. The maximum atomic E-state index is 14.9. The van der Waals surface area contributed by atoms with E-state index in [-0.39, 0.29) is 29.7 Å². The van der Waals surface area contributed by atoms with Gasteiger partial charge in [0, 0.05) is 42.2 Å². The first-order valence-corrected chi connectivity index (χ1v) is 17.3. The van der Waals surface area contributed by atoms with Crippen molar-refractivity contribution in [1.82, 2.24) is 9.80 Å². The van der Waals surface area contributed by atoms with Gasteiger partial charge >= 0.3 is 0 Å². The minimum Gasteiger partial charge on any atom is -0.494 e. The number of rotatable bonds is 10. The summed E-state index contributed by atoms with van der Waals surface area (Å²) in [4.78, 5) is 49.8. The molecule has 45 heavy (non-hydrogen) atoms. The van der Waals surface area contributed by atoms with Crippen LogP contribution in [0.3, 0.4) is 0 Å². The molecule has 5 atom stereocenters. The van der Waals surface area contributed by atoms with E-state index in [4.69, 9.17) is 4.74 Å². The van der Waals surface area contributed by atoms with Crippen molar-refractivity contribution in [2.45, 2.75) is 95.2 Å². The van der Waals surface area contributed by atoms with Gasteiger partial charge in [-0.25, -0.2) is 0 Å². The van der Waals surface area contributed by atoms with Crippen LogP contribution < -0.4 is 9.64 Å². The van der Waals surface area contributed by atoms with E-state index in [1.807, 2.05) is 42.2 Å². The highest BCUT2D eigenvalue weighted by atomic mass is 32.2. The maximum absolute atomic E-state index is 14.9. The van der Waals surface area contributed by atoms with E-state index in [2.05, 4.69) is 59.8 Å². The summed E-state index contributed by atoms with van der Waals surface area (Å²) in [7, 11) is 0. The minimum atomic E-state index is -0.876. The van der Waals surface area contributed by atoms with Gasteiger partial charge in [-0.1, -0.05) is 45.1 Å². The summed E-state index contributed by atoms with van der Waals surface area (Å²) >= 11 is 1.63. The number of aliphatic hydroxyl groups excluding tert-OH is 1. The van der Waals surface area contributed by atoms with Crippen molar-refractivity contribution in [1.29, 1.82) is 0 Å². The number of benzene rings is 1. The molecule has 0 aromatic heterocycles. The van der Waals surface area contributed by atoms with Crippen LogP contribution in [0.1, 0.15) is 74.1 Å². The summed E-state index contributed by atoms with van der Waals surface area (Å²) in [6, 6.07) is 6.82. The van der Waals surface area contributed by atoms with Crippen LogP contribution in [0, 0.1) is 17.3 Å². The zero-order valence-corrected chi connectivity index (χ0v) is 28.9. The predicted octanol–water partition coefficient (Wildman–Crippen LogP) is 5.45. The first-order chi connectivity index (χ1) is 21.2. The molecule has 1 aromatic carbocycles. The van der Waals surface area contributed by atoms with Crippen molar-refractivity contribution in [2.24, 2.45) is 17.3 Å². The Bertz CT molecular complexity index is 1350. The third-order valence-electron chi connectivity index (χ3n) is 9.77. The summed E-state index contributed by atoms with van der Waals surface area (Å²) < 4.78 is 4.08. The molecule has 2 fully saturated rings. The van der Waals surface area contributed by atoms with E-state index in [1.54, 1.807) is 21.6 Å². The Labute approximate surface area is 273 Å². The molecule has 3 amide bonds. The van der Waals surface area contributed by atoms with Gasteiger partial charge in [-0.3, -0.25) is 14.4 Å². The molecule has 1 spiro atoms. The maximum Gasteiger partial charge on any atom is 0.247 e. The van der Waals surface area contributed by atoms with Gasteiger partial charge in [-0.05, 0) is 83.1 Å². The second-order valence-electron chi connectivity index (χ2n) is 15.0. The van der Waals surface area contributed by atoms with Crippen molar-refractivity contribution in [3.8, 4) is 5.75 Å². The number of ether oxygens (including phenoxy) is 1. The van der Waals surface area contributed by atoms with Gasteiger partial charge in [-0.2, -0.15) is 0 Å². The molecule has 4 aliphatic rings. The van der Waals surface area contributed by atoms with Gasteiger partial charge < -0.3 is 24.5 Å². The van der Waals surface area contributed by atoms with Crippen LogP contribution in [0.25, 0.3) is 0 Å². The first-order valence-electron chi connectivity index (χ1n) is 16.5. The molecule has 246 valence electrons. The Hall–Kier alpha value is -2.78. The fraction of sp³-hybridized carbons (Fsp3) is 0.639. The number of unbranched alkanes of at least 4 members (excludes halogenated alkanes) is 2. The molecular formula is C36H51N3O5S. The van der Waals surface area contributed by atoms with E-state index in [1.165, 1.54) is 0 Å². The molecule has 4 aliphatic heterocycles. The zero-order chi connectivity index (χ0) is 32.8. The lowest BCUT2D eigenvalue weighted by Crippen LogP contribution is -2.58. The lowest BCUT2D eigenvalue weighted by Gasteiger charge is -2.44. The van der Waals surface area contributed by atoms with Crippen LogP contribution >= 0.6 is 11.8 Å². The number of nitrogens with zero attached hydrogens (tertiary/aromatic N) is 3. The molecule has 0 radical (unpaired) electrons. The van der Waals surface area contributed by atoms with Crippen LogP contribution in [0.4, 0.5) is 5.69 Å². The van der Waals surface area contributed by atoms with Crippen LogP contribution in [0.5, 0.6) is 5.75 Å². The number of hydrogen-bond acceptors (Lipinski definition) is 6. The number of carbonyl (C=O) groups excluding carboxylic acids is 3. The fourth-order valence-corrected chi connectivity index (χ4v) is 10.5. The lowest BCUT2D eigenvalue weighted by atomic mass is 9.74. The van der Waals surface area contributed by atoms with Crippen molar-refractivity contribution in [3.63, 3.8) is 0 Å². The van der Waals surface area contributed by atoms with Crippen LogP contribution in [-0.2, 0) is 14.4 Å². The summed E-state index contributed by atoms with van der Waals surface area (Å²) in [5, 5.41) is 9.39. The molecule has 0 saturated carbocycles. The number of aliphatic hydroxyl groups is 1. The summed E-state index contributed by atoms with van der Waals surface area (Å²) in [5.41, 5.74) is 0.320. The minimum absolute atomic E-state index is 0.000182. The molecule has 8 nitrogen and oxygen atoms in total. The quantitative estimate of drug-likeness (QED) is 0.271. The highest BCUT2D eigenvalue weighted by Crippen LogP contribution is 2.66. The topological polar surface area (TPSA) is 90.4 Å². The number of likely N-dealkylation sites (tertiary alicyclic amines) is 1. The van der Waals surface area contributed by atoms with Gasteiger partial charge in [0.25, 0.3) is 0 Å². The average molecular weight is 638 g/mol. The largest absolute Gasteiger partial charge is 0.494 e. The number of fused-ring (bicyclic) bond motifs is 2. The molecule has 1 unspecified atom stereocenters. The normalized spacial score (nSPS) is 29.9. The Morgan fingerprint density at radius 2 is 1.60 bits per heavy atom. The SMILES string of the molecule is CCOc1ccc(N2CC=C[C@]3(C)S[C@]45C=CCN(C(C)(C)CC(C)(C)C)C(=O)C4N(CCCCCO)C(=O)[C@@H]5[C@@H]3C2=O)cc1. The van der Waals surface area contributed by atoms with E-state index < -0.39 is 32.9 Å². The van der Waals surface area contributed by atoms with E-state index in [0.29, 0.717) is 39.1 Å². The number of amides is 3. The number of thioether (sulfide) groups is 1.